The average molecular weight is 336 g/mol. The van der Waals surface area contributed by atoms with Gasteiger partial charge in [0.25, 0.3) is 5.91 Å². The maximum Gasteiger partial charge on any atom is 0.258 e. The standard InChI is InChI=1S/C18H16N4O3/c1-11(23)17(22-21-13-5-3-2-4-6-13)18(25)19-14-7-8-15-12(9-14)10-16(24)20-15/h2-9,17H,10H2,1H3,(H,19,25)(H,20,24). The lowest BCUT2D eigenvalue weighted by molar-refractivity contribution is -0.126. The second kappa shape index (κ2) is 7.04. The Balaban J connectivity index is 1.73. The number of amides is 2. The monoisotopic (exact) mass is 336 g/mol. The topological polar surface area (TPSA) is 100.0 Å². The second-order valence-electron chi connectivity index (χ2n) is 5.65. The number of carbonyl (C=O) groups excluding carboxylic acids is 3. The zero-order valence-corrected chi connectivity index (χ0v) is 13.5. The summed E-state index contributed by atoms with van der Waals surface area (Å²) in [6.45, 7) is 1.29. The molecule has 0 aliphatic carbocycles. The number of rotatable bonds is 5. The van der Waals surface area contributed by atoms with Crippen molar-refractivity contribution < 1.29 is 14.4 Å². The van der Waals surface area contributed by atoms with Crippen molar-refractivity contribution in [3.05, 3.63) is 54.1 Å². The van der Waals surface area contributed by atoms with Gasteiger partial charge in [0, 0.05) is 11.4 Å². The highest BCUT2D eigenvalue weighted by Crippen LogP contribution is 2.26. The highest BCUT2D eigenvalue weighted by Gasteiger charge is 2.24. The summed E-state index contributed by atoms with van der Waals surface area (Å²) < 4.78 is 0. The van der Waals surface area contributed by atoms with Crippen LogP contribution in [0.5, 0.6) is 0 Å². The molecular formula is C18H16N4O3. The molecule has 1 heterocycles. The van der Waals surface area contributed by atoms with E-state index in [0.29, 0.717) is 11.4 Å². The van der Waals surface area contributed by atoms with E-state index in [0.717, 1.165) is 11.3 Å². The van der Waals surface area contributed by atoms with Crippen LogP contribution in [0.1, 0.15) is 12.5 Å². The van der Waals surface area contributed by atoms with Crippen molar-refractivity contribution in [1.29, 1.82) is 0 Å². The Hall–Kier alpha value is -3.35. The Labute approximate surface area is 144 Å². The maximum atomic E-state index is 12.4. The van der Waals surface area contributed by atoms with Gasteiger partial charge < -0.3 is 10.6 Å². The van der Waals surface area contributed by atoms with E-state index in [9.17, 15) is 14.4 Å². The van der Waals surface area contributed by atoms with Crippen molar-refractivity contribution >= 4 is 34.7 Å². The molecule has 126 valence electrons. The lowest BCUT2D eigenvalue weighted by Gasteiger charge is -2.10. The number of fused-ring (bicyclic) bond motifs is 1. The van der Waals surface area contributed by atoms with E-state index in [2.05, 4.69) is 20.9 Å². The van der Waals surface area contributed by atoms with Gasteiger partial charge in [-0.25, -0.2) is 0 Å². The first-order valence-corrected chi connectivity index (χ1v) is 7.73. The van der Waals surface area contributed by atoms with E-state index in [-0.39, 0.29) is 12.3 Å². The molecular weight excluding hydrogens is 320 g/mol. The third kappa shape index (κ3) is 3.95. The zero-order valence-electron chi connectivity index (χ0n) is 13.5. The summed E-state index contributed by atoms with van der Waals surface area (Å²) in [5.41, 5.74) is 2.59. The largest absolute Gasteiger partial charge is 0.326 e. The van der Waals surface area contributed by atoms with Crippen LogP contribution >= 0.6 is 0 Å². The second-order valence-corrected chi connectivity index (χ2v) is 5.65. The van der Waals surface area contributed by atoms with Crippen molar-refractivity contribution in [3.8, 4) is 0 Å². The minimum absolute atomic E-state index is 0.0863. The summed E-state index contributed by atoms with van der Waals surface area (Å²) in [4.78, 5) is 35.5. The van der Waals surface area contributed by atoms with Crippen molar-refractivity contribution in [3.63, 3.8) is 0 Å². The third-order valence-electron chi connectivity index (χ3n) is 3.68. The molecule has 2 N–H and O–H groups in total. The molecule has 7 heteroatoms. The van der Waals surface area contributed by atoms with Gasteiger partial charge in [0.2, 0.25) is 11.9 Å². The predicted octanol–water partition coefficient (Wildman–Crippen LogP) is 2.86. The molecule has 1 atom stereocenters. The number of azo groups is 1. The van der Waals surface area contributed by atoms with E-state index in [1.165, 1.54) is 6.92 Å². The molecule has 3 rings (SSSR count). The minimum atomic E-state index is -1.23. The zero-order chi connectivity index (χ0) is 17.8. The number of nitrogens with one attached hydrogen (secondary N) is 2. The number of nitrogens with zero attached hydrogens (tertiary/aromatic N) is 2. The van der Waals surface area contributed by atoms with Gasteiger partial charge in [-0.1, -0.05) is 18.2 Å². The third-order valence-corrected chi connectivity index (χ3v) is 3.68. The fraction of sp³-hybridized carbons (Fsp3) is 0.167. The molecule has 2 aromatic carbocycles. The van der Waals surface area contributed by atoms with E-state index < -0.39 is 17.7 Å². The summed E-state index contributed by atoms with van der Waals surface area (Å²) in [5.74, 6) is -1.06. The van der Waals surface area contributed by atoms with Gasteiger partial charge >= 0.3 is 0 Å². The molecule has 0 radical (unpaired) electrons. The van der Waals surface area contributed by atoms with Gasteiger partial charge in [0.15, 0.2) is 5.78 Å². The van der Waals surface area contributed by atoms with Crippen LogP contribution in [-0.2, 0) is 20.8 Å². The van der Waals surface area contributed by atoms with Crippen LogP contribution in [0.3, 0.4) is 0 Å². The molecule has 7 nitrogen and oxygen atoms in total. The predicted molar refractivity (Wildman–Crippen MR) is 92.8 cm³/mol. The summed E-state index contributed by atoms with van der Waals surface area (Å²) in [5, 5.41) is 13.2. The molecule has 0 spiro atoms. The van der Waals surface area contributed by atoms with E-state index in [1.807, 2.05) is 6.07 Å². The van der Waals surface area contributed by atoms with Crippen molar-refractivity contribution in [1.82, 2.24) is 0 Å². The molecule has 0 bridgehead atoms. The molecule has 1 unspecified atom stereocenters. The Morgan fingerprint density at radius 2 is 1.92 bits per heavy atom. The van der Waals surface area contributed by atoms with Crippen molar-refractivity contribution in [2.24, 2.45) is 10.2 Å². The van der Waals surface area contributed by atoms with Crippen LogP contribution < -0.4 is 10.6 Å². The molecule has 1 aliphatic heterocycles. The minimum Gasteiger partial charge on any atom is -0.326 e. The lowest BCUT2D eigenvalue weighted by atomic mass is 10.1. The van der Waals surface area contributed by atoms with E-state index in [4.69, 9.17) is 0 Å². The number of hydrogen-bond donors (Lipinski definition) is 2. The molecule has 2 amide bonds. The average Bonchev–Trinajstić information content (AvgIpc) is 2.95. The quantitative estimate of drug-likeness (QED) is 0.648. The van der Waals surface area contributed by atoms with E-state index >= 15 is 0 Å². The van der Waals surface area contributed by atoms with Crippen LogP contribution in [0.15, 0.2) is 58.8 Å². The first kappa shape index (κ1) is 16.5. The Morgan fingerprint density at radius 1 is 1.16 bits per heavy atom. The molecule has 0 fully saturated rings. The van der Waals surface area contributed by atoms with Crippen LogP contribution in [0.25, 0.3) is 0 Å². The van der Waals surface area contributed by atoms with Gasteiger partial charge in [0.1, 0.15) is 0 Å². The summed E-state index contributed by atoms with van der Waals surface area (Å²) in [7, 11) is 0. The number of carbonyl (C=O) groups is 3. The number of anilines is 2. The van der Waals surface area contributed by atoms with E-state index in [1.54, 1.807) is 42.5 Å². The van der Waals surface area contributed by atoms with Crippen LogP contribution in [0.4, 0.5) is 17.1 Å². The maximum absolute atomic E-state index is 12.4. The number of Topliss-reactive ketones (excluding diaryl/α,β-unsaturated/α-hetero) is 1. The van der Waals surface area contributed by atoms with Gasteiger partial charge in [-0.3, -0.25) is 14.4 Å². The van der Waals surface area contributed by atoms with Crippen molar-refractivity contribution in [2.45, 2.75) is 19.4 Å². The number of ketones is 1. The normalized spacial score (nSPS) is 14.0. The molecule has 0 saturated carbocycles. The molecule has 0 aromatic heterocycles. The Kier molecular flexibility index (Phi) is 4.65. The van der Waals surface area contributed by atoms with Crippen LogP contribution in [-0.4, -0.2) is 23.6 Å². The smallest absolute Gasteiger partial charge is 0.258 e. The summed E-state index contributed by atoms with van der Waals surface area (Å²) in [6.07, 6.45) is 0.267. The number of hydrogen-bond acceptors (Lipinski definition) is 5. The van der Waals surface area contributed by atoms with Crippen molar-refractivity contribution in [2.75, 3.05) is 10.6 Å². The Morgan fingerprint density at radius 3 is 2.64 bits per heavy atom. The highest BCUT2D eigenvalue weighted by atomic mass is 16.2. The fourth-order valence-electron chi connectivity index (χ4n) is 2.46. The van der Waals surface area contributed by atoms with Gasteiger partial charge in [-0.15, -0.1) is 0 Å². The van der Waals surface area contributed by atoms with Crippen LogP contribution in [0, 0.1) is 0 Å². The molecule has 1 aliphatic rings. The Bertz CT molecular complexity index is 862. The lowest BCUT2D eigenvalue weighted by Crippen LogP contribution is -2.31. The molecule has 0 saturated heterocycles. The summed E-state index contributed by atoms with van der Waals surface area (Å²) >= 11 is 0. The first-order valence-electron chi connectivity index (χ1n) is 7.73. The van der Waals surface area contributed by atoms with Crippen LogP contribution in [0.2, 0.25) is 0 Å². The van der Waals surface area contributed by atoms with Gasteiger partial charge in [0.05, 0.1) is 12.1 Å². The summed E-state index contributed by atoms with van der Waals surface area (Å²) in [6, 6.07) is 12.7. The van der Waals surface area contributed by atoms with Gasteiger partial charge in [-0.2, -0.15) is 10.2 Å². The SMILES string of the molecule is CC(=O)C(N=Nc1ccccc1)C(=O)Nc1ccc2c(c1)CC(=O)N2. The first-order chi connectivity index (χ1) is 12.0. The molecule has 2 aromatic rings. The molecule has 25 heavy (non-hydrogen) atoms. The fourth-order valence-corrected chi connectivity index (χ4v) is 2.46. The highest BCUT2D eigenvalue weighted by molar-refractivity contribution is 6.10. The van der Waals surface area contributed by atoms with Gasteiger partial charge in [-0.05, 0) is 42.8 Å². The number of benzene rings is 2.